The van der Waals surface area contributed by atoms with Crippen molar-refractivity contribution >= 4 is 28.1 Å². The molecular formula is C11H11N5O5. The number of ether oxygens (including phenoxy) is 1. The summed E-state index contributed by atoms with van der Waals surface area (Å²) in [4.78, 5) is 29.7. The predicted octanol–water partition coefficient (Wildman–Crippen LogP) is 1.22. The van der Waals surface area contributed by atoms with Gasteiger partial charge in [0.15, 0.2) is 11.2 Å². The minimum absolute atomic E-state index is 0.00657. The summed E-state index contributed by atoms with van der Waals surface area (Å²) in [5.74, 6) is 0. The first-order valence-corrected chi connectivity index (χ1v) is 6.21. The minimum Gasteiger partial charge on any atom is -0.378 e. The van der Waals surface area contributed by atoms with Crippen molar-refractivity contribution in [1.29, 1.82) is 0 Å². The molecule has 0 saturated carbocycles. The van der Waals surface area contributed by atoms with E-state index in [-0.39, 0.29) is 28.1 Å². The molecule has 0 amide bonds. The van der Waals surface area contributed by atoms with Gasteiger partial charge >= 0.3 is 11.4 Å². The lowest BCUT2D eigenvalue weighted by atomic mass is 10.1. The fourth-order valence-corrected chi connectivity index (χ4v) is 2.45. The van der Waals surface area contributed by atoms with Crippen LogP contribution in [0.3, 0.4) is 0 Å². The van der Waals surface area contributed by atoms with Crippen LogP contribution in [0.15, 0.2) is 12.4 Å². The van der Waals surface area contributed by atoms with Crippen LogP contribution in [0.5, 0.6) is 0 Å². The summed E-state index contributed by atoms with van der Waals surface area (Å²) >= 11 is 0. The number of nitrogens with one attached hydrogen (secondary N) is 1. The number of nitro groups is 2. The van der Waals surface area contributed by atoms with Crippen molar-refractivity contribution in [3.63, 3.8) is 0 Å². The van der Waals surface area contributed by atoms with E-state index in [0.717, 1.165) is 0 Å². The molecule has 1 N–H and O–H groups in total. The molecule has 1 aromatic heterocycles. The molecule has 1 aliphatic heterocycles. The number of hydrogen-bond donors (Lipinski definition) is 1. The number of morpholine rings is 1. The highest BCUT2D eigenvalue weighted by Gasteiger charge is 2.34. The minimum atomic E-state index is -0.624. The molecule has 0 bridgehead atoms. The zero-order chi connectivity index (χ0) is 15.0. The van der Waals surface area contributed by atoms with Crippen molar-refractivity contribution in [2.45, 2.75) is 0 Å². The maximum absolute atomic E-state index is 11.4. The Kier molecular flexibility index (Phi) is 3.14. The summed E-state index contributed by atoms with van der Waals surface area (Å²) in [7, 11) is 0. The highest BCUT2D eigenvalue weighted by molar-refractivity contribution is 5.97. The topological polar surface area (TPSA) is 127 Å². The Morgan fingerprint density at radius 1 is 1.24 bits per heavy atom. The Hall–Kier alpha value is -2.75. The third-order valence-corrected chi connectivity index (χ3v) is 3.35. The number of anilines is 1. The van der Waals surface area contributed by atoms with Crippen LogP contribution in [0.4, 0.5) is 17.1 Å². The lowest BCUT2D eigenvalue weighted by molar-refractivity contribution is -0.391. The van der Waals surface area contributed by atoms with Gasteiger partial charge in [0, 0.05) is 19.2 Å². The Bertz CT molecular complexity index is 721. The number of benzene rings is 1. The highest BCUT2D eigenvalue weighted by atomic mass is 16.6. The maximum atomic E-state index is 11.4. The lowest BCUT2D eigenvalue weighted by Gasteiger charge is -2.28. The summed E-state index contributed by atoms with van der Waals surface area (Å²) in [5, 5.41) is 22.7. The monoisotopic (exact) mass is 293 g/mol. The van der Waals surface area contributed by atoms with Crippen LogP contribution in [-0.4, -0.2) is 46.1 Å². The molecule has 1 fully saturated rings. The second-order valence-electron chi connectivity index (χ2n) is 4.51. The molecule has 0 atom stereocenters. The average Bonchev–Trinajstić information content (AvgIpc) is 2.93. The van der Waals surface area contributed by atoms with Crippen molar-refractivity contribution in [3.8, 4) is 0 Å². The number of fused-ring (bicyclic) bond motifs is 1. The summed E-state index contributed by atoms with van der Waals surface area (Å²) in [6, 6.07) is 1.28. The Morgan fingerprint density at radius 2 is 1.95 bits per heavy atom. The van der Waals surface area contributed by atoms with E-state index in [4.69, 9.17) is 4.74 Å². The van der Waals surface area contributed by atoms with E-state index < -0.39 is 9.85 Å². The van der Waals surface area contributed by atoms with Crippen LogP contribution in [0.25, 0.3) is 11.0 Å². The van der Waals surface area contributed by atoms with Gasteiger partial charge in [0.2, 0.25) is 0 Å². The first kappa shape index (κ1) is 13.2. The standard InChI is InChI=1S/C11H11N5O5/c17-15(18)8-5-7-9(13-6-12-7)11(16(19)20)10(8)14-1-3-21-4-2-14/h5-6H,1-4H2,(H,12,13). The largest absolute Gasteiger partial charge is 0.378 e. The highest BCUT2D eigenvalue weighted by Crippen LogP contribution is 2.42. The molecule has 3 rings (SSSR count). The molecule has 0 spiro atoms. The molecule has 2 aromatic rings. The van der Waals surface area contributed by atoms with Gasteiger partial charge in [-0.25, -0.2) is 4.98 Å². The maximum Gasteiger partial charge on any atom is 0.327 e. The molecule has 1 aliphatic rings. The van der Waals surface area contributed by atoms with Gasteiger partial charge in [0.25, 0.3) is 0 Å². The van der Waals surface area contributed by atoms with Crippen molar-refractivity contribution in [2.24, 2.45) is 0 Å². The first-order chi connectivity index (χ1) is 10.1. The van der Waals surface area contributed by atoms with E-state index in [2.05, 4.69) is 9.97 Å². The molecule has 0 unspecified atom stereocenters. The van der Waals surface area contributed by atoms with Crippen LogP contribution in [0.2, 0.25) is 0 Å². The van der Waals surface area contributed by atoms with Gasteiger partial charge in [-0.2, -0.15) is 0 Å². The first-order valence-electron chi connectivity index (χ1n) is 6.21. The molecule has 10 nitrogen and oxygen atoms in total. The predicted molar refractivity (Wildman–Crippen MR) is 72.4 cm³/mol. The number of aromatic nitrogens is 2. The second kappa shape index (κ2) is 4.98. The fraction of sp³-hybridized carbons (Fsp3) is 0.364. The molecule has 2 heterocycles. The van der Waals surface area contributed by atoms with Crippen molar-refractivity contribution in [2.75, 3.05) is 31.2 Å². The quantitative estimate of drug-likeness (QED) is 0.665. The van der Waals surface area contributed by atoms with Gasteiger partial charge in [0.1, 0.15) is 0 Å². The number of rotatable bonds is 3. The molecule has 21 heavy (non-hydrogen) atoms. The third kappa shape index (κ3) is 2.14. The molecule has 10 heteroatoms. The second-order valence-corrected chi connectivity index (χ2v) is 4.51. The molecule has 110 valence electrons. The number of imidazole rings is 1. The van der Waals surface area contributed by atoms with Crippen LogP contribution in [0.1, 0.15) is 0 Å². The summed E-state index contributed by atoms with van der Waals surface area (Å²) in [6.07, 6.45) is 1.28. The molecule has 0 aliphatic carbocycles. The van der Waals surface area contributed by atoms with Crippen LogP contribution < -0.4 is 4.90 Å². The third-order valence-electron chi connectivity index (χ3n) is 3.35. The van der Waals surface area contributed by atoms with Crippen molar-refractivity contribution < 1.29 is 14.6 Å². The van der Waals surface area contributed by atoms with E-state index in [9.17, 15) is 20.2 Å². The SMILES string of the molecule is O=[N+]([O-])c1cc2[nH]cnc2c([N+](=O)[O-])c1N1CCOCC1. The van der Waals surface area contributed by atoms with Crippen LogP contribution >= 0.6 is 0 Å². The van der Waals surface area contributed by atoms with E-state index in [1.165, 1.54) is 12.4 Å². The van der Waals surface area contributed by atoms with Gasteiger partial charge < -0.3 is 14.6 Å². The zero-order valence-corrected chi connectivity index (χ0v) is 10.8. The molecular weight excluding hydrogens is 282 g/mol. The zero-order valence-electron chi connectivity index (χ0n) is 10.8. The number of H-pyrrole nitrogens is 1. The smallest absolute Gasteiger partial charge is 0.327 e. The van der Waals surface area contributed by atoms with E-state index in [0.29, 0.717) is 26.3 Å². The van der Waals surface area contributed by atoms with Crippen LogP contribution in [-0.2, 0) is 4.74 Å². The molecule has 1 aromatic carbocycles. The molecule has 1 saturated heterocycles. The number of hydrogen-bond acceptors (Lipinski definition) is 7. The average molecular weight is 293 g/mol. The van der Waals surface area contributed by atoms with Gasteiger partial charge in [-0.05, 0) is 0 Å². The normalized spacial score (nSPS) is 15.3. The number of aromatic amines is 1. The summed E-state index contributed by atoms with van der Waals surface area (Å²) in [6.45, 7) is 1.45. The Morgan fingerprint density at radius 3 is 2.57 bits per heavy atom. The van der Waals surface area contributed by atoms with Crippen molar-refractivity contribution in [3.05, 3.63) is 32.6 Å². The van der Waals surface area contributed by atoms with Crippen molar-refractivity contribution in [1.82, 2.24) is 9.97 Å². The van der Waals surface area contributed by atoms with Gasteiger partial charge in [-0.3, -0.25) is 20.2 Å². The van der Waals surface area contributed by atoms with Gasteiger partial charge in [-0.15, -0.1) is 0 Å². The summed E-state index contributed by atoms with van der Waals surface area (Å²) < 4.78 is 5.19. The Balaban J connectivity index is 2.31. The van der Waals surface area contributed by atoms with E-state index >= 15 is 0 Å². The summed E-state index contributed by atoms with van der Waals surface area (Å²) in [5.41, 5.74) is -0.270. The Labute approximate surface area is 117 Å². The molecule has 0 radical (unpaired) electrons. The number of nitro benzene ring substituents is 2. The van der Waals surface area contributed by atoms with Crippen LogP contribution in [0, 0.1) is 20.2 Å². The fourth-order valence-electron chi connectivity index (χ4n) is 2.45. The van der Waals surface area contributed by atoms with E-state index in [1.807, 2.05) is 0 Å². The van der Waals surface area contributed by atoms with Gasteiger partial charge in [-0.1, -0.05) is 0 Å². The number of nitrogens with zero attached hydrogens (tertiary/aromatic N) is 4. The van der Waals surface area contributed by atoms with Gasteiger partial charge in [0.05, 0.1) is 34.9 Å². The van der Waals surface area contributed by atoms with E-state index in [1.54, 1.807) is 4.90 Å². The lowest BCUT2D eigenvalue weighted by Crippen LogP contribution is -2.37.